The Morgan fingerprint density at radius 2 is 1.84 bits per heavy atom. The van der Waals surface area contributed by atoms with Gasteiger partial charge in [0.05, 0.1) is 41.2 Å². The van der Waals surface area contributed by atoms with E-state index in [0.717, 1.165) is 23.5 Å². The number of para-hydroxylation sites is 1. The third-order valence-corrected chi connectivity index (χ3v) is 4.99. The first-order valence-electron chi connectivity index (χ1n) is 10.7. The summed E-state index contributed by atoms with van der Waals surface area (Å²) < 4.78 is 7.10. The fourth-order valence-electron chi connectivity index (χ4n) is 3.58. The van der Waals surface area contributed by atoms with E-state index < -0.39 is 16.9 Å². The quantitative estimate of drug-likeness (QED) is 0.338. The molecule has 0 bridgehead atoms. The molecule has 2 aromatic rings. The van der Waals surface area contributed by atoms with Gasteiger partial charge in [-0.2, -0.15) is 5.10 Å². The number of nitrogens with zero attached hydrogens (tertiary/aromatic N) is 3. The van der Waals surface area contributed by atoms with E-state index in [9.17, 15) is 19.7 Å². The molecular formula is C23H32N4O5. The Kier molecular flexibility index (Phi) is 8.51. The number of hydrogen-bond donors (Lipinski definition) is 1. The van der Waals surface area contributed by atoms with Crippen molar-refractivity contribution in [3.63, 3.8) is 0 Å². The monoisotopic (exact) mass is 444 g/mol. The lowest BCUT2D eigenvalue weighted by atomic mass is 10.0. The summed E-state index contributed by atoms with van der Waals surface area (Å²) in [6.45, 7) is 12.1. The molecule has 1 atom stereocenters. The molecule has 0 saturated carbocycles. The SMILES string of the molecule is Cc1nn(CC(C)C)c(C)c1CC(=O)NC(CC(=O)OC(C)C)c1ccccc1[N+](=O)[O-]. The van der Waals surface area contributed by atoms with Crippen molar-refractivity contribution in [1.29, 1.82) is 0 Å². The van der Waals surface area contributed by atoms with Crippen molar-refractivity contribution in [2.75, 3.05) is 0 Å². The Bertz CT molecular complexity index is 981. The number of hydrogen-bond acceptors (Lipinski definition) is 6. The van der Waals surface area contributed by atoms with Crippen LogP contribution in [0.25, 0.3) is 0 Å². The maximum absolute atomic E-state index is 12.9. The van der Waals surface area contributed by atoms with Crippen molar-refractivity contribution >= 4 is 17.6 Å². The number of carbonyl (C=O) groups excluding carboxylic acids is 2. The Labute approximate surface area is 188 Å². The first-order chi connectivity index (χ1) is 15.0. The molecule has 1 heterocycles. The molecule has 2 rings (SSSR count). The van der Waals surface area contributed by atoms with Crippen LogP contribution in [0.3, 0.4) is 0 Å². The number of benzene rings is 1. The van der Waals surface area contributed by atoms with Gasteiger partial charge < -0.3 is 10.1 Å². The second kappa shape index (κ2) is 10.9. The molecule has 1 N–H and O–H groups in total. The van der Waals surface area contributed by atoms with Gasteiger partial charge in [0.2, 0.25) is 5.91 Å². The number of aryl methyl sites for hydroxylation is 1. The maximum Gasteiger partial charge on any atom is 0.308 e. The molecule has 9 heteroatoms. The van der Waals surface area contributed by atoms with Crippen LogP contribution in [-0.2, 0) is 27.3 Å². The van der Waals surface area contributed by atoms with Crippen LogP contribution in [0.5, 0.6) is 0 Å². The van der Waals surface area contributed by atoms with Gasteiger partial charge in [0.25, 0.3) is 5.69 Å². The van der Waals surface area contributed by atoms with Crippen LogP contribution in [0.4, 0.5) is 5.69 Å². The van der Waals surface area contributed by atoms with E-state index in [4.69, 9.17) is 4.74 Å². The van der Waals surface area contributed by atoms with Crippen LogP contribution >= 0.6 is 0 Å². The minimum atomic E-state index is -0.887. The maximum atomic E-state index is 12.9. The van der Waals surface area contributed by atoms with Gasteiger partial charge in [-0.1, -0.05) is 32.0 Å². The predicted octanol–water partition coefficient (Wildman–Crippen LogP) is 3.81. The minimum Gasteiger partial charge on any atom is -0.463 e. The van der Waals surface area contributed by atoms with Crippen LogP contribution in [0, 0.1) is 29.9 Å². The smallest absolute Gasteiger partial charge is 0.308 e. The molecule has 0 aliphatic rings. The zero-order valence-electron chi connectivity index (χ0n) is 19.5. The van der Waals surface area contributed by atoms with Gasteiger partial charge >= 0.3 is 5.97 Å². The number of carbonyl (C=O) groups is 2. The van der Waals surface area contributed by atoms with Crippen LogP contribution < -0.4 is 5.32 Å². The number of nitrogens with one attached hydrogen (secondary N) is 1. The molecule has 174 valence electrons. The van der Waals surface area contributed by atoms with E-state index in [-0.39, 0.29) is 36.1 Å². The normalized spacial score (nSPS) is 12.1. The molecule has 0 saturated heterocycles. The summed E-state index contributed by atoms with van der Waals surface area (Å²) in [6.07, 6.45) is -0.479. The van der Waals surface area contributed by atoms with E-state index in [1.165, 1.54) is 6.07 Å². The summed E-state index contributed by atoms with van der Waals surface area (Å²) in [5.41, 5.74) is 2.59. The van der Waals surface area contributed by atoms with Gasteiger partial charge in [0.15, 0.2) is 0 Å². The van der Waals surface area contributed by atoms with Gasteiger partial charge in [0, 0.05) is 23.9 Å². The minimum absolute atomic E-state index is 0.0616. The van der Waals surface area contributed by atoms with Crippen molar-refractivity contribution < 1.29 is 19.2 Å². The molecule has 9 nitrogen and oxygen atoms in total. The topological polar surface area (TPSA) is 116 Å². The van der Waals surface area contributed by atoms with Gasteiger partial charge in [-0.3, -0.25) is 24.4 Å². The van der Waals surface area contributed by atoms with Crippen LogP contribution in [-0.4, -0.2) is 32.7 Å². The average molecular weight is 445 g/mol. The highest BCUT2D eigenvalue weighted by Crippen LogP contribution is 2.28. The third-order valence-electron chi connectivity index (χ3n) is 4.99. The van der Waals surface area contributed by atoms with Gasteiger partial charge in [-0.25, -0.2) is 0 Å². The lowest BCUT2D eigenvalue weighted by molar-refractivity contribution is -0.385. The van der Waals surface area contributed by atoms with Crippen molar-refractivity contribution in [1.82, 2.24) is 15.1 Å². The summed E-state index contributed by atoms with van der Waals surface area (Å²) in [7, 11) is 0. The molecule has 0 fully saturated rings. The summed E-state index contributed by atoms with van der Waals surface area (Å²) in [5, 5.41) is 18.8. The molecule has 32 heavy (non-hydrogen) atoms. The fourth-order valence-corrected chi connectivity index (χ4v) is 3.58. The zero-order valence-corrected chi connectivity index (χ0v) is 19.5. The number of rotatable bonds is 10. The Morgan fingerprint density at radius 3 is 2.44 bits per heavy atom. The second-order valence-corrected chi connectivity index (χ2v) is 8.58. The Balaban J connectivity index is 2.28. The van der Waals surface area contributed by atoms with Crippen LogP contribution in [0.2, 0.25) is 0 Å². The van der Waals surface area contributed by atoms with Crippen LogP contribution in [0.1, 0.15) is 62.7 Å². The molecule has 1 amide bonds. The van der Waals surface area contributed by atoms with Crippen LogP contribution in [0.15, 0.2) is 24.3 Å². The lowest BCUT2D eigenvalue weighted by Crippen LogP contribution is -2.32. The highest BCUT2D eigenvalue weighted by atomic mass is 16.6. The number of nitro groups is 1. The standard InChI is InChI=1S/C23H32N4O5/c1-14(2)13-26-17(6)19(16(5)25-26)11-22(28)24-20(12-23(29)32-15(3)4)18-9-7-8-10-21(18)27(30)31/h7-10,14-15,20H,11-13H2,1-6H3,(H,24,28). The molecule has 1 aromatic carbocycles. The summed E-state index contributed by atoms with van der Waals surface area (Å²) in [4.78, 5) is 36.3. The van der Waals surface area contributed by atoms with Crippen molar-refractivity contribution in [3.8, 4) is 0 Å². The number of esters is 1. The van der Waals surface area contributed by atoms with Crippen molar-refractivity contribution in [2.45, 2.75) is 73.1 Å². The lowest BCUT2D eigenvalue weighted by Gasteiger charge is -2.19. The second-order valence-electron chi connectivity index (χ2n) is 8.58. The molecule has 1 aromatic heterocycles. The fraction of sp³-hybridized carbons (Fsp3) is 0.522. The molecular weight excluding hydrogens is 412 g/mol. The largest absolute Gasteiger partial charge is 0.463 e. The highest BCUT2D eigenvalue weighted by molar-refractivity contribution is 5.81. The molecule has 1 unspecified atom stereocenters. The number of amides is 1. The van der Waals surface area contributed by atoms with Gasteiger partial charge in [-0.15, -0.1) is 0 Å². The third kappa shape index (κ3) is 6.63. The predicted molar refractivity (Wildman–Crippen MR) is 120 cm³/mol. The first-order valence-corrected chi connectivity index (χ1v) is 10.7. The molecule has 0 spiro atoms. The van der Waals surface area contributed by atoms with Gasteiger partial charge in [-0.05, 0) is 33.6 Å². The average Bonchev–Trinajstić information content (AvgIpc) is 2.93. The van der Waals surface area contributed by atoms with E-state index in [1.807, 2.05) is 18.5 Å². The number of nitro benzene ring substituents is 1. The molecule has 0 aliphatic heterocycles. The number of aromatic nitrogens is 2. The highest BCUT2D eigenvalue weighted by Gasteiger charge is 2.27. The van der Waals surface area contributed by atoms with Gasteiger partial charge in [0.1, 0.15) is 0 Å². The Morgan fingerprint density at radius 1 is 1.19 bits per heavy atom. The van der Waals surface area contributed by atoms with Crippen molar-refractivity contribution in [3.05, 3.63) is 56.9 Å². The van der Waals surface area contributed by atoms with E-state index in [2.05, 4.69) is 24.3 Å². The molecule has 0 radical (unpaired) electrons. The first kappa shape index (κ1) is 25.0. The summed E-state index contributed by atoms with van der Waals surface area (Å²) >= 11 is 0. The number of ether oxygens (including phenoxy) is 1. The summed E-state index contributed by atoms with van der Waals surface area (Å²) in [6, 6.07) is 5.19. The van der Waals surface area contributed by atoms with E-state index >= 15 is 0 Å². The summed E-state index contributed by atoms with van der Waals surface area (Å²) in [5.74, 6) is -0.481. The van der Waals surface area contributed by atoms with E-state index in [0.29, 0.717) is 5.92 Å². The van der Waals surface area contributed by atoms with E-state index in [1.54, 1.807) is 32.0 Å². The zero-order chi connectivity index (χ0) is 24.0. The van der Waals surface area contributed by atoms with Crippen molar-refractivity contribution in [2.24, 2.45) is 5.92 Å². The Hall–Kier alpha value is -3.23. The molecule has 0 aliphatic carbocycles.